The number of benzene rings is 2. The topological polar surface area (TPSA) is 37.4 Å². The highest BCUT2D eigenvalue weighted by Crippen LogP contribution is 2.34. The fourth-order valence-electron chi connectivity index (χ4n) is 3.50. The molecule has 0 radical (unpaired) electrons. The molecule has 0 unspecified atom stereocenters. The molecular weight excluding hydrogens is 392 g/mol. The van der Waals surface area contributed by atoms with Crippen molar-refractivity contribution < 1.29 is 4.74 Å². The van der Waals surface area contributed by atoms with Gasteiger partial charge in [0.25, 0.3) is 0 Å². The largest absolute Gasteiger partial charge is 0.468 e. The Morgan fingerprint density at radius 1 is 0.938 bits per heavy atom. The summed E-state index contributed by atoms with van der Waals surface area (Å²) >= 11 is 0. The second-order valence-corrected chi connectivity index (χ2v) is 7.90. The fourth-order valence-corrected chi connectivity index (χ4v) is 3.50. The van der Waals surface area contributed by atoms with Crippen LogP contribution in [0.5, 0.6) is 11.5 Å². The fraction of sp³-hybridized carbons (Fsp3) is 0.379. The Labute approximate surface area is 193 Å². The average Bonchev–Trinajstić information content (AvgIpc) is 2.82. The number of hydrogen-bond donors (Lipinski definition) is 0. The molecule has 0 N–H and O–H groups in total. The minimum Gasteiger partial charge on any atom is -0.468 e. The lowest BCUT2D eigenvalue weighted by atomic mass is 10.0. The molecule has 0 saturated carbocycles. The van der Waals surface area contributed by atoms with Crippen molar-refractivity contribution in [3.8, 4) is 17.6 Å². The van der Waals surface area contributed by atoms with E-state index in [1.807, 2.05) is 18.2 Å². The molecule has 3 heteroatoms. The highest BCUT2D eigenvalue weighted by Gasteiger charge is 2.10. The van der Waals surface area contributed by atoms with E-state index >= 15 is 0 Å². The van der Waals surface area contributed by atoms with Gasteiger partial charge in [0.1, 0.15) is 11.5 Å². The maximum Gasteiger partial charge on any atom is 0.246 e. The molecular formula is C29H34N2O. The Kier molecular flexibility index (Phi) is 12.1. The first kappa shape index (κ1) is 25.0. The van der Waals surface area contributed by atoms with Crippen molar-refractivity contribution in [1.29, 1.82) is 5.26 Å². The summed E-state index contributed by atoms with van der Waals surface area (Å²) in [6, 6.07) is 15.2. The number of para-hydroxylation sites is 1. The van der Waals surface area contributed by atoms with Crippen LogP contribution in [0.25, 0.3) is 4.85 Å². The van der Waals surface area contributed by atoms with Gasteiger partial charge in [-0.15, -0.1) is 0 Å². The van der Waals surface area contributed by atoms with Crippen LogP contribution in [0, 0.1) is 17.9 Å². The second-order valence-electron chi connectivity index (χ2n) is 7.90. The molecule has 0 aliphatic heterocycles. The lowest BCUT2D eigenvalue weighted by Crippen LogP contribution is -1.90. The summed E-state index contributed by atoms with van der Waals surface area (Å²) in [6.07, 6.45) is 21.0. The molecule has 0 bridgehead atoms. The van der Waals surface area contributed by atoms with E-state index in [1.165, 1.54) is 56.9 Å². The van der Waals surface area contributed by atoms with Gasteiger partial charge in [0.15, 0.2) is 0 Å². The zero-order valence-corrected chi connectivity index (χ0v) is 19.2. The SMILES string of the molecule is [C-]#[N+]c1c(C#N)cccc1Oc1cccc(CCCCCCC/C=C/C/C=C/CCC)c1. The van der Waals surface area contributed by atoms with E-state index < -0.39 is 0 Å². The summed E-state index contributed by atoms with van der Waals surface area (Å²) in [5, 5.41) is 9.18. The summed E-state index contributed by atoms with van der Waals surface area (Å²) in [7, 11) is 0. The van der Waals surface area contributed by atoms with Crippen molar-refractivity contribution >= 4 is 5.69 Å². The summed E-state index contributed by atoms with van der Waals surface area (Å²) < 4.78 is 5.93. The maximum absolute atomic E-state index is 9.18. The summed E-state index contributed by atoms with van der Waals surface area (Å²) in [5.74, 6) is 1.14. The van der Waals surface area contributed by atoms with Crippen molar-refractivity contribution in [1.82, 2.24) is 0 Å². The number of unbranched alkanes of at least 4 members (excludes halogenated alkanes) is 6. The molecule has 0 saturated heterocycles. The third kappa shape index (κ3) is 9.23. The van der Waals surface area contributed by atoms with Crippen LogP contribution < -0.4 is 4.74 Å². The van der Waals surface area contributed by atoms with Gasteiger partial charge in [0.2, 0.25) is 5.69 Å². The van der Waals surface area contributed by atoms with Crippen LogP contribution in [0.15, 0.2) is 66.8 Å². The predicted molar refractivity (Wildman–Crippen MR) is 133 cm³/mol. The number of allylic oxidation sites excluding steroid dienone is 4. The molecule has 0 aliphatic rings. The van der Waals surface area contributed by atoms with E-state index in [0.29, 0.717) is 17.1 Å². The molecule has 166 valence electrons. The normalized spacial score (nSPS) is 11.0. The minimum absolute atomic E-state index is 0.267. The molecule has 3 nitrogen and oxygen atoms in total. The second kappa shape index (κ2) is 15.5. The summed E-state index contributed by atoms with van der Waals surface area (Å²) in [5.41, 5.74) is 1.85. The van der Waals surface area contributed by atoms with E-state index in [-0.39, 0.29) is 5.69 Å². The molecule has 0 aromatic heterocycles. The van der Waals surface area contributed by atoms with E-state index in [1.54, 1.807) is 18.2 Å². The average molecular weight is 427 g/mol. The molecule has 2 aromatic rings. The van der Waals surface area contributed by atoms with Gasteiger partial charge in [0.05, 0.1) is 18.2 Å². The molecule has 0 fully saturated rings. The van der Waals surface area contributed by atoms with Crippen LogP contribution in [0.3, 0.4) is 0 Å². The smallest absolute Gasteiger partial charge is 0.246 e. The Morgan fingerprint density at radius 3 is 2.47 bits per heavy atom. The molecule has 2 rings (SSSR count). The first-order chi connectivity index (χ1) is 15.8. The molecule has 0 heterocycles. The van der Waals surface area contributed by atoms with Gasteiger partial charge in [-0.05, 0) is 62.3 Å². The van der Waals surface area contributed by atoms with E-state index in [4.69, 9.17) is 11.3 Å². The lowest BCUT2D eigenvalue weighted by Gasteiger charge is -2.10. The summed E-state index contributed by atoms with van der Waals surface area (Å²) in [6.45, 7) is 9.55. The molecule has 32 heavy (non-hydrogen) atoms. The Hall–Kier alpha value is -3.30. The zero-order valence-electron chi connectivity index (χ0n) is 19.2. The molecule has 0 aliphatic carbocycles. The molecule has 0 spiro atoms. The molecule has 0 atom stereocenters. The van der Waals surface area contributed by atoms with E-state index in [0.717, 1.165) is 12.8 Å². The third-order valence-electron chi connectivity index (χ3n) is 5.25. The third-order valence-corrected chi connectivity index (χ3v) is 5.25. The van der Waals surface area contributed by atoms with Gasteiger partial charge >= 0.3 is 0 Å². The first-order valence-corrected chi connectivity index (χ1v) is 11.8. The summed E-state index contributed by atoms with van der Waals surface area (Å²) in [4.78, 5) is 3.47. The zero-order chi connectivity index (χ0) is 22.9. The minimum atomic E-state index is 0.267. The van der Waals surface area contributed by atoms with Crippen LogP contribution in [-0.4, -0.2) is 0 Å². The van der Waals surface area contributed by atoms with Gasteiger partial charge in [-0.2, -0.15) is 5.26 Å². The van der Waals surface area contributed by atoms with Crippen LogP contribution in [0.2, 0.25) is 0 Å². The van der Waals surface area contributed by atoms with Crippen molar-refractivity contribution in [2.24, 2.45) is 0 Å². The maximum atomic E-state index is 9.18. The predicted octanol–water partition coefficient (Wildman–Crippen LogP) is 9.09. The van der Waals surface area contributed by atoms with Gasteiger partial charge in [-0.3, -0.25) is 0 Å². The van der Waals surface area contributed by atoms with Gasteiger partial charge < -0.3 is 4.74 Å². The van der Waals surface area contributed by atoms with Gasteiger partial charge in [-0.1, -0.05) is 81.2 Å². The van der Waals surface area contributed by atoms with Crippen LogP contribution in [0.1, 0.15) is 75.8 Å². The van der Waals surface area contributed by atoms with Crippen LogP contribution in [0.4, 0.5) is 5.69 Å². The van der Waals surface area contributed by atoms with E-state index in [2.05, 4.69) is 48.2 Å². The highest BCUT2D eigenvalue weighted by molar-refractivity contribution is 5.67. The van der Waals surface area contributed by atoms with Gasteiger partial charge in [0, 0.05) is 0 Å². The van der Waals surface area contributed by atoms with Crippen LogP contribution >= 0.6 is 0 Å². The van der Waals surface area contributed by atoms with Crippen molar-refractivity contribution in [3.63, 3.8) is 0 Å². The van der Waals surface area contributed by atoms with Gasteiger partial charge in [-0.25, -0.2) is 4.85 Å². The van der Waals surface area contributed by atoms with Crippen molar-refractivity contribution in [2.75, 3.05) is 0 Å². The Bertz CT molecular complexity index is 960. The molecule has 2 aromatic carbocycles. The monoisotopic (exact) mass is 426 g/mol. The van der Waals surface area contributed by atoms with Crippen LogP contribution in [-0.2, 0) is 6.42 Å². The van der Waals surface area contributed by atoms with E-state index in [9.17, 15) is 5.26 Å². The highest BCUT2D eigenvalue weighted by atomic mass is 16.5. The van der Waals surface area contributed by atoms with Crippen molar-refractivity contribution in [3.05, 3.63) is 89.3 Å². The number of hydrogen-bond acceptors (Lipinski definition) is 2. The molecule has 0 amide bonds. The number of nitrogens with zero attached hydrogens (tertiary/aromatic N) is 2. The number of nitriles is 1. The van der Waals surface area contributed by atoms with Crippen molar-refractivity contribution in [2.45, 2.75) is 71.1 Å². The quantitative estimate of drug-likeness (QED) is 0.172. The lowest BCUT2D eigenvalue weighted by molar-refractivity contribution is 0.484. The number of rotatable bonds is 14. The Morgan fingerprint density at radius 2 is 1.69 bits per heavy atom. The number of ether oxygens (including phenoxy) is 1. The standard InChI is InChI=1S/C29H34N2O/c1-3-4-5-6-7-8-9-10-11-12-13-14-15-18-25-19-16-21-27(23-25)32-28-22-17-20-26(24-30)29(28)31-2/h5-6,8-9,16-17,19-23H,3-4,7,10-15,18H2,1H3/b6-5+,9-8+. The Balaban J connectivity index is 1.68. The first-order valence-electron chi connectivity index (χ1n) is 11.8. The number of aryl methyl sites for hydroxylation is 1.